The zero-order valence-electron chi connectivity index (χ0n) is 19.0. The van der Waals surface area contributed by atoms with Crippen LogP contribution in [-0.4, -0.2) is 49.5 Å². The number of nitrogens with one attached hydrogen (secondary N) is 1. The zero-order valence-corrected chi connectivity index (χ0v) is 19.8. The van der Waals surface area contributed by atoms with Gasteiger partial charge in [-0.1, -0.05) is 12.1 Å². The van der Waals surface area contributed by atoms with Gasteiger partial charge in [0, 0.05) is 19.3 Å². The molecule has 0 saturated heterocycles. The molecule has 10 nitrogen and oxygen atoms in total. The van der Waals surface area contributed by atoms with E-state index in [1.54, 1.807) is 24.3 Å². The molecule has 1 aromatic heterocycles. The van der Waals surface area contributed by atoms with Crippen LogP contribution in [0.3, 0.4) is 0 Å². The van der Waals surface area contributed by atoms with Crippen molar-refractivity contribution in [1.82, 2.24) is 9.69 Å². The molecule has 0 aliphatic heterocycles. The molecule has 1 heterocycles. The number of methoxy groups -OCH3 is 2. The Morgan fingerprint density at radius 3 is 2.31 bits per heavy atom. The molecular weight excluding hydrogens is 477 g/mol. The highest BCUT2D eigenvalue weighted by Gasteiger charge is 2.36. The number of hydrogen-bond acceptors (Lipinski definition) is 8. The van der Waals surface area contributed by atoms with Gasteiger partial charge in [-0.05, 0) is 53.5 Å². The Hall–Kier alpha value is -4.03. The number of nitrogens with zero attached hydrogens (tertiary/aromatic N) is 2. The molecule has 35 heavy (non-hydrogen) atoms. The van der Waals surface area contributed by atoms with Gasteiger partial charge in [0.1, 0.15) is 22.5 Å². The van der Waals surface area contributed by atoms with Crippen LogP contribution in [0.2, 0.25) is 0 Å². The van der Waals surface area contributed by atoms with E-state index in [4.69, 9.17) is 20.9 Å². The van der Waals surface area contributed by atoms with Gasteiger partial charge < -0.3 is 26.3 Å². The van der Waals surface area contributed by atoms with Crippen LogP contribution in [0.1, 0.15) is 31.8 Å². The maximum Gasteiger partial charge on any atom is 0.273 e. The minimum Gasteiger partial charge on any atom is -0.497 e. The van der Waals surface area contributed by atoms with E-state index >= 15 is 0 Å². The summed E-state index contributed by atoms with van der Waals surface area (Å²) in [7, 11) is 2.99. The Morgan fingerprint density at radius 2 is 1.77 bits per heavy atom. The topological polar surface area (TPSA) is 150 Å². The summed E-state index contributed by atoms with van der Waals surface area (Å²) in [5.41, 5.74) is 11.5. The number of rotatable bonds is 10. The highest BCUT2D eigenvalue weighted by Crippen LogP contribution is 2.33. The number of benzene rings is 2. The molecule has 0 fully saturated rings. The summed E-state index contributed by atoms with van der Waals surface area (Å²) in [5.74, 6) is -2.12. The number of anilines is 2. The minimum atomic E-state index is -1.20. The lowest BCUT2D eigenvalue weighted by atomic mass is 10.0. The molecule has 0 aliphatic carbocycles. The number of aromatic nitrogens is 1. The number of amides is 3. The Morgan fingerprint density at radius 1 is 1.11 bits per heavy atom. The quantitative estimate of drug-likeness (QED) is 0.360. The third kappa shape index (κ3) is 5.73. The number of ether oxygens (including phenoxy) is 2. The molecule has 1 atom stereocenters. The molecule has 184 valence electrons. The van der Waals surface area contributed by atoms with Crippen molar-refractivity contribution in [3.8, 4) is 5.75 Å². The molecule has 3 aromatic rings. The first-order chi connectivity index (χ1) is 16.8. The first kappa shape index (κ1) is 25.6. The summed E-state index contributed by atoms with van der Waals surface area (Å²) < 4.78 is 27.8. The molecule has 0 spiro atoms. The number of nitrogens with two attached hydrogens (primary N) is 2. The second-order valence-electron chi connectivity index (χ2n) is 7.25. The van der Waals surface area contributed by atoms with Crippen LogP contribution in [0, 0.1) is 5.82 Å². The van der Waals surface area contributed by atoms with Gasteiger partial charge in [0.25, 0.3) is 11.8 Å². The van der Waals surface area contributed by atoms with Gasteiger partial charge in [0.15, 0.2) is 5.69 Å². The van der Waals surface area contributed by atoms with Crippen molar-refractivity contribution in [1.29, 1.82) is 0 Å². The highest BCUT2D eigenvalue weighted by atomic mass is 32.1. The predicted molar refractivity (Wildman–Crippen MR) is 129 cm³/mol. The maximum absolute atomic E-state index is 13.8. The number of nitrogen functional groups attached to an aromatic ring is 1. The van der Waals surface area contributed by atoms with Crippen LogP contribution in [0.5, 0.6) is 5.75 Å². The minimum absolute atomic E-state index is 0.0914. The summed E-state index contributed by atoms with van der Waals surface area (Å²) in [4.78, 5) is 39.9. The van der Waals surface area contributed by atoms with Crippen molar-refractivity contribution in [2.75, 3.05) is 38.0 Å². The largest absolute Gasteiger partial charge is 0.497 e. The third-order valence-electron chi connectivity index (χ3n) is 5.02. The summed E-state index contributed by atoms with van der Waals surface area (Å²) in [6.45, 7) is 0.428. The third-order valence-corrected chi connectivity index (χ3v) is 5.87. The number of halogens is 1. The first-order valence-corrected chi connectivity index (χ1v) is 11.1. The van der Waals surface area contributed by atoms with E-state index in [1.807, 2.05) is 0 Å². The second-order valence-corrected chi connectivity index (χ2v) is 8.02. The molecule has 3 amide bonds. The molecule has 0 unspecified atom stereocenters. The van der Waals surface area contributed by atoms with E-state index in [-0.39, 0.29) is 35.1 Å². The Balaban J connectivity index is 2.16. The predicted octanol–water partition coefficient (Wildman–Crippen LogP) is 2.12. The van der Waals surface area contributed by atoms with Gasteiger partial charge in [0.2, 0.25) is 5.91 Å². The molecule has 0 radical (unpaired) electrons. The lowest BCUT2D eigenvalue weighted by Gasteiger charge is -2.31. The van der Waals surface area contributed by atoms with Crippen molar-refractivity contribution in [3.05, 3.63) is 70.5 Å². The van der Waals surface area contributed by atoms with Crippen LogP contribution >= 0.6 is 11.5 Å². The number of hydrogen-bond donors (Lipinski definition) is 3. The fourth-order valence-corrected chi connectivity index (χ4v) is 4.04. The van der Waals surface area contributed by atoms with Crippen LogP contribution in [0.25, 0.3) is 0 Å². The SMILES string of the molecule is COCCNC(=O)[C@H](c1ccc(OC)cc1)N(C(=O)c1snc(C(N)=O)c1N)c1ccc(F)cc1. The molecule has 0 aliphatic rings. The van der Waals surface area contributed by atoms with E-state index in [2.05, 4.69) is 9.69 Å². The lowest BCUT2D eigenvalue weighted by Crippen LogP contribution is -2.44. The Bertz CT molecular complexity index is 1200. The van der Waals surface area contributed by atoms with Crippen LogP contribution in [0.4, 0.5) is 15.8 Å². The monoisotopic (exact) mass is 501 g/mol. The van der Waals surface area contributed by atoms with Crippen LogP contribution in [0.15, 0.2) is 48.5 Å². The second kappa shape index (κ2) is 11.4. The molecule has 12 heteroatoms. The fraction of sp³-hybridized carbons (Fsp3) is 0.217. The van der Waals surface area contributed by atoms with Crippen molar-refractivity contribution < 1.29 is 28.2 Å². The smallest absolute Gasteiger partial charge is 0.273 e. The van der Waals surface area contributed by atoms with Gasteiger partial charge in [-0.3, -0.25) is 19.3 Å². The van der Waals surface area contributed by atoms with Gasteiger partial charge >= 0.3 is 0 Å². The van der Waals surface area contributed by atoms with Crippen LogP contribution < -0.4 is 26.4 Å². The van der Waals surface area contributed by atoms with E-state index in [0.717, 1.165) is 17.0 Å². The average molecular weight is 502 g/mol. The van der Waals surface area contributed by atoms with E-state index in [0.29, 0.717) is 22.8 Å². The zero-order chi connectivity index (χ0) is 25.5. The van der Waals surface area contributed by atoms with Gasteiger partial charge in [-0.25, -0.2) is 4.39 Å². The summed E-state index contributed by atoms with van der Waals surface area (Å²) >= 11 is 0.678. The molecule has 0 saturated carbocycles. The Labute approximate surface area is 204 Å². The van der Waals surface area contributed by atoms with E-state index in [1.165, 1.54) is 26.4 Å². The van der Waals surface area contributed by atoms with Crippen molar-refractivity contribution in [2.45, 2.75) is 6.04 Å². The van der Waals surface area contributed by atoms with Crippen molar-refractivity contribution in [3.63, 3.8) is 0 Å². The number of primary amides is 1. The Kier molecular flexibility index (Phi) is 8.34. The van der Waals surface area contributed by atoms with Crippen LogP contribution in [-0.2, 0) is 9.53 Å². The van der Waals surface area contributed by atoms with Gasteiger partial charge in [0.05, 0.1) is 19.4 Å². The first-order valence-electron chi connectivity index (χ1n) is 10.3. The molecule has 0 bridgehead atoms. The number of carbonyl (C=O) groups is 3. The molecule has 3 rings (SSSR count). The van der Waals surface area contributed by atoms with Crippen molar-refractivity contribution >= 4 is 40.6 Å². The van der Waals surface area contributed by atoms with E-state index < -0.39 is 29.6 Å². The normalized spacial score (nSPS) is 11.5. The fourth-order valence-electron chi connectivity index (χ4n) is 3.30. The van der Waals surface area contributed by atoms with Crippen molar-refractivity contribution in [2.24, 2.45) is 5.73 Å². The summed E-state index contributed by atoms with van der Waals surface area (Å²) in [5, 5.41) is 2.74. The highest BCUT2D eigenvalue weighted by molar-refractivity contribution is 7.09. The maximum atomic E-state index is 13.8. The molecule has 2 aromatic carbocycles. The van der Waals surface area contributed by atoms with E-state index in [9.17, 15) is 18.8 Å². The van der Waals surface area contributed by atoms with Gasteiger partial charge in [-0.2, -0.15) is 4.37 Å². The average Bonchev–Trinajstić information content (AvgIpc) is 3.24. The summed E-state index contributed by atoms with van der Waals surface area (Å²) in [6.07, 6.45) is 0. The number of carbonyl (C=O) groups excluding carboxylic acids is 3. The molecular formula is C23H24FN5O5S. The summed E-state index contributed by atoms with van der Waals surface area (Å²) in [6, 6.07) is 10.4. The molecule has 5 N–H and O–H groups in total. The standard InChI is InChI=1S/C23H24FN5O5S/c1-33-12-11-27-22(31)19(13-3-9-16(34-2)10-4-13)29(15-7-5-14(24)6-8-15)23(32)20-17(25)18(21(26)30)28-35-20/h3-10,19H,11-12,25H2,1-2H3,(H2,26,30)(H,27,31)/t19-/m0/s1. The lowest BCUT2D eigenvalue weighted by molar-refractivity contribution is -0.122. The van der Waals surface area contributed by atoms with Gasteiger partial charge in [-0.15, -0.1) is 0 Å².